The highest BCUT2D eigenvalue weighted by Gasteiger charge is 2.26. The van der Waals surface area contributed by atoms with Gasteiger partial charge in [0, 0.05) is 37.6 Å². The van der Waals surface area contributed by atoms with Crippen LogP contribution in [0.3, 0.4) is 0 Å². The zero-order chi connectivity index (χ0) is 16.1. The van der Waals surface area contributed by atoms with E-state index in [0.717, 1.165) is 19.5 Å². The fraction of sp³-hybridized carbons (Fsp3) is 0.588. The first-order valence-corrected chi connectivity index (χ1v) is 8.97. The summed E-state index contributed by atoms with van der Waals surface area (Å²) in [5.41, 5.74) is 1.19. The number of nitrogens with zero attached hydrogens (tertiary/aromatic N) is 3. The highest BCUT2D eigenvalue weighted by Crippen LogP contribution is 2.17. The molecule has 1 aliphatic rings. The Balaban J connectivity index is 1.84. The second kappa shape index (κ2) is 7.99. The van der Waals surface area contributed by atoms with Crippen LogP contribution in [0, 0.1) is 0 Å². The molecule has 0 aromatic heterocycles. The molecule has 0 bridgehead atoms. The number of carbonyl (C=O) groups is 1. The predicted molar refractivity (Wildman–Crippen MR) is 93.2 cm³/mol. The summed E-state index contributed by atoms with van der Waals surface area (Å²) in [5.74, 6) is 0.203. The summed E-state index contributed by atoms with van der Waals surface area (Å²) in [7, 11) is 6.12. The summed E-state index contributed by atoms with van der Waals surface area (Å²) >= 11 is 1.73. The van der Waals surface area contributed by atoms with E-state index in [1.807, 2.05) is 11.9 Å². The normalized spacial score (nSPS) is 18.9. The highest BCUT2D eigenvalue weighted by molar-refractivity contribution is 7.98. The molecule has 122 valence electrons. The van der Waals surface area contributed by atoms with E-state index in [0.29, 0.717) is 19.1 Å². The Morgan fingerprint density at radius 3 is 2.77 bits per heavy atom. The van der Waals surface area contributed by atoms with E-state index < -0.39 is 0 Å². The van der Waals surface area contributed by atoms with Crippen molar-refractivity contribution in [2.24, 2.45) is 0 Å². The highest BCUT2D eigenvalue weighted by atomic mass is 32.2. The van der Waals surface area contributed by atoms with Crippen molar-refractivity contribution in [3.63, 3.8) is 0 Å². The third-order valence-electron chi connectivity index (χ3n) is 4.32. The molecule has 2 rings (SSSR count). The summed E-state index contributed by atoms with van der Waals surface area (Å²) in [5, 5.41) is 0. The number of hydrogen-bond acceptors (Lipinski definition) is 4. The van der Waals surface area contributed by atoms with Gasteiger partial charge < -0.3 is 9.80 Å². The molecule has 0 N–H and O–H groups in total. The molecule has 0 spiro atoms. The Labute approximate surface area is 138 Å². The average Bonchev–Trinajstić information content (AvgIpc) is 2.96. The molecule has 5 heteroatoms. The quantitative estimate of drug-likeness (QED) is 0.749. The smallest absolute Gasteiger partial charge is 0.236 e. The molecule has 1 aliphatic heterocycles. The van der Waals surface area contributed by atoms with Crippen LogP contribution >= 0.6 is 11.8 Å². The van der Waals surface area contributed by atoms with Crippen molar-refractivity contribution in [3.8, 4) is 0 Å². The molecule has 1 aromatic carbocycles. The zero-order valence-corrected chi connectivity index (χ0v) is 14.9. The number of thioether (sulfide) groups is 1. The molecule has 1 saturated heterocycles. The number of amides is 1. The van der Waals surface area contributed by atoms with Gasteiger partial charge in [0.05, 0.1) is 6.54 Å². The van der Waals surface area contributed by atoms with E-state index in [2.05, 4.69) is 54.4 Å². The Morgan fingerprint density at radius 1 is 1.36 bits per heavy atom. The van der Waals surface area contributed by atoms with Gasteiger partial charge in [0.15, 0.2) is 0 Å². The minimum Gasteiger partial charge on any atom is -0.340 e. The van der Waals surface area contributed by atoms with Gasteiger partial charge in [-0.3, -0.25) is 9.69 Å². The summed E-state index contributed by atoms with van der Waals surface area (Å²) in [4.78, 5) is 20.0. The van der Waals surface area contributed by atoms with E-state index in [1.54, 1.807) is 11.8 Å². The number of likely N-dealkylation sites (tertiary alicyclic amines) is 1. The molecule has 0 radical (unpaired) electrons. The van der Waals surface area contributed by atoms with Crippen molar-refractivity contribution < 1.29 is 4.79 Å². The first-order chi connectivity index (χ1) is 10.5. The van der Waals surface area contributed by atoms with Crippen molar-refractivity contribution in [1.82, 2.24) is 14.7 Å². The number of rotatable bonds is 6. The predicted octanol–water partition coefficient (Wildman–Crippen LogP) is 2.00. The van der Waals surface area contributed by atoms with Crippen LogP contribution in [0.25, 0.3) is 0 Å². The van der Waals surface area contributed by atoms with Crippen molar-refractivity contribution >= 4 is 17.7 Å². The van der Waals surface area contributed by atoms with Gasteiger partial charge in [-0.25, -0.2) is 0 Å². The van der Waals surface area contributed by atoms with Crippen LogP contribution in [0.2, 0.25) is 0 Å². The monoisotopic (exact) mass is 321 g/mol. The summed E-state index contributed by atoms with van der Waals surface area (Å²) in [6, 6.07) is 8.98. The SMILES string of the molecule is CSc1cccc(CN(C)C(=O)CN2CC[C@@H](N(C)C)C2)c1. The van der Waals surface area contributed by atoms with E-state index in [1.165, 1.54) is 10.5 Å². The number of benzene rings is 1. The third kappa shape index (κ3) is 4.73. The van der Waals surface area contributed by atoms with Crippen molar-refractivity contribution in [2.75, 3.05) is 47.0 Å². The zero-order valence-electron chi connectivity index (χ0n) is 14.1. The van der Waals surface area contributed by atoms with Crippen LogP contribution in [-0.2, 0) is 11.3 Å². The van der Waals surface area contributed by atoms with Gasteiger partial charge >= 0.3 is 0 Å². The molecule has 1 aromatic rings. The molecule has 0 aliphatic carbocycles. The lowest BCUT2D eigenvalue weighted by Gasteiger charge is -2.23. The van der Waals surface area contributed by atoms with Crippen LogP contribution in [0.4, 0.5) is 0 Å². The molecular weight excluding hydrogens is 294 g/mol. The van der Waals surface area contributed by atoms with Crippen LogP contribution in [0.1, 0.15) is 12.0 Å². The lowest BCUT2D eigenvalue weighted by molar-refractivity contribution is -0.131. The maximum absolute atomic E-state index is 12.4. The lowest BCUT2D eigenvalue weighted by Crippen LogP contribution is -2.38. The molecule has 0 unspecified atom stereocenters. The largest absolute Gasteiger partial charge is 0.340 e. The van der Waals surface area contributed by atoms with E-state index >= 15 is 0 Å². The Kier molecular flexibility index (Phi) is 6.29. The van der Waals surface area contributed by atoms with E-state index in [-0.39, 0.29) is 5.91 Å². The van der Waals surface area contributed by atoms with E-state index in [4.69, 9.17) is 0 Å². The molecule has 4 nitrogen and oxygen atoms in total. The van der Waals surface area contributed by atoms with Gasteiger partial charge in [0.1, 0.15) is 0 Å². The minimum atomic E-state index is 0.203. The fourth-order valence-electron chi connectivity index (χ4n) is 2.82. The molecule has 0 saturated carbocycles. The Bertz CT molecular complexity index is 506. The van der Waals surface area contributed by atoms with Gasteiger partial charge in [-0.15, -0.1) is 11.8 Å². The van der Waals surface area contributed by atoms with Crippen molar-refractivity contribution in [2.45, 2.75) is 23.9 Å². The lowest BCUT2D eigenvalue weighted by atomic mass is 10.2. The molecule has 1 amide bonds. The number of hydrogen-bond donors (Lipinski definition) is 0. The number of likely N-dealkylation sites (N-methyl/N-ethyl adjacent to an activating group) is 2. The second-order valence-electron chi connectivity index (χ2n) is 6.24. The first kappa shape index (κ1) is 17.3. The van der Waals surface area contributed by atoms with Crippen LogP contribution in [0.5, 0.6) is 0 Å². The van der Waals surface area contributed by atoms with Gasteiger partial charge in [0.25, 0.3) is 0 Å². The maximum Gasteiger partial charge on any atom is 0.236 e. The van der Waals surface area contributed by atoms with Gasteiger partial charge in [0.2, 0.25) is 5.91 Å². The van der Waals surface area contributed by atoms with Crippen molar-refractivity contribution in [3.05, 3.63) is 29.8 Å². The topological polar surface area (TPSA) is 26.8 Å². The number of carbonyl (C=O) groups excluding carboxylic acids is 1. The summed E-state index contributed by atoms with van der Waals surface area (Å²) in [6.07, 6.45) is 3.22. The fourth-order valence-corrected chi connectivity index (χ4v) is 3.31. The molecule has 22 heavy (non-hydrogen) atoms. The van der Waals surface area contributed by atoms with Gasteiger partial charge in [-0.1, -0.05) is 12.1 Å². The van der Waals surface area contributed by atoms with Crippen LogP contribution in [0.15, 0.2) is 29.2 Å². The van der Waals surface area contributed by atoms with Crippen molar-refractivity contribution in [1.29, 1.82) is 0 Å². The molecule has 1 fully saturated rings. The van der Waals surface area contributed by atoms with Gasteiger partial charge in [-0.05, 0) is 44.5 Å². The van der Waals surface area contributed by atoms with E-state index in [9.17, 15) is 4.79 Å². The maximum atomic E-state index is 12.4. The third-order valence-corrected chi connectivity index (χ3v) is 5.04. The first-order valence-electron chi connectivity index (χ1n) is 7.75. The Hall–Kier alpha value is -1.04. The van der Waals surface area contributed by atoms with Gasteiger partial charge in [-0.2, -0.15) is 0 Å². The summed E-state index contributed by atoms with van der Waals surface area (Å²) < 4.78 is 0. The van der Waals surface area contributed by atoms with Crippen LogP contribution in [-0.4, -0.2) is 73.7 Å². The molecule has 1 heterocycles. The molecule has 1 atom stereocenters. The summed E-state index contributed by atoms with van der Waals surface area (Å²) in [6.45, 7) is 3.22. The molecular formula is C17H27N3OS. The Morgan fingerprint density at radius 2 is 2.14 bits per heavy atom. The second-order valence-corrected chi connectivity index (χ2v) is 7.12. The minimum absolute atomic E-state index is 0.203. The van der Waals surface area contributed by atoms with Crippen LogP contribution < -0.4 is 0 Å². The average molecular weight is 321 g/mol. The standard InChI is InChI=1S/C17H27N3OS/c1-18(2)15-8-9-20(12-15)13-17(21)19(3)11-14-6-5-7-16(10-14)22-4/h5-7,10,15H,8-9,11-13H2,1-4H3/t15-/m1/s1.